The number of hydrogen-bond acceptors (Lipinski definition) is 2. The topological polar surface area (TPSA) is 23.5 Å². The van der Waals surface area contributed by atoms with Crippen LogP contribution >= 0.6 is 0 Å². The predicted molar refractivity (Wildman–Crippen MR) is 81.3 cm³/mol. The fourth-order valence-corrected chi connectivity index (χ4v) is 3.42. The lowest BCUT2D eigenvalue weighted by atomic mass is 9.80. The highest BCUT2D eigenvalue weighted by molar-refractivity contribution is 5.20. The van der Waals surface area contributed by atoms with Gasteiger partial charge in [0, 0.05) is 19.0 Å². The fourth-order valence-electron chi connectivity index (χ4n) is 3.42. The standard InChI is InChI=1S/C17H31NO/c1-4-18(13(2)3)12-15-7-5-14(6-8-15)11-17(19)16-9-10-16/h13-15,19H,4-12H2,1-3H3. The van der Waals surface area contributed by atoms with Gasteiger partial charge < -0.3 is 10.0 Å². The Labute approximate surface area is 118 Å². The van der Waals surface area contributed by atoms with E-state index in [4.69, 9.17) is 0 Å². The summed E-state index contributed by atoms with van der Waals surface area (Å²) in [7, 11) is 0. The Bertz CT molecular complexity index is 307. The van der Waals surface area contributed by atoms with Crippen LogP contribution in [0.25, 0.3) is 0 Å². The molecule has 0 amide bonds. The Morgan fingerprint density at radius 3 is 2.21 bits per heavy atom. The molecule has 0 aromatic rings. The zero-order valence-electron chi connectivity index (χ0n) is 13.0. The van der Waals surface area contributed by atoms with Crippen LogP contribution in [0.2, 0.25) is 0 Å². The number of rotatable bonds is 6. The average Bonchev–Trinajstić information content (AvgIpc) is 3.21. The van der Waals surface area contributed by atoms with Gasteiger partial charge in [0.05, 0.1) is 5.76 Å². The maximum atomic E-state index is 9.93. The first kappa shape index (κ1) is 14.9. The van der Waals surface area contributed by atoms with E-state index in [9.17, 15) is 5.11 Å². The summed E-state index contributed by atoms with van der Waals surface area (Å²) in [6, 6.07) is 0.673. The third-order valence-corrected chi connectivity index (χ3v) is 4.99. The third-order valence-electron chi connectivity index (χ3n) is 4.99. The molecule has 0 bridgehead atoms. The first-order chi connectivity index (χ1) is 9.10. The molecule has 0 aromatic carbocycles. The van der Waals surface area contributed by atoms with Crippen LogP contribution in [0.3, 0.4) is 0 Å². The normalized spacial score (nSPS) is 27.1. The van der Waals surface area contributed by atoms with Crippen molar-refractivity contribution in [2.45, 2.75) is 71.8 Å². The minimum Gasteiger partial charge on any atom is -0.512 e. The second-order valence-corrected chi connectivity index (χ2v) is 6.82. The SMILES string of the molecule is CCN(CC1CCC(CC(O)=C2CC2)CC1)C(C)C. The number of allylic oxidation sites excluding steroid dienone is 2. The molecule has 2 heteroatoms. The number of hydrogen-bond donors (Lipinski definition) is 1. The van der Waals surface area contributed by atoms with Crippen molar-refractivity contribution < 1.29 is 5.11 Å². The van der Waals surface area contributed by atoms with Gasteiger partial charge in [-0.25, -0.2) is 0 Å². The van der Waals surface area contributed by atoms with Gasteiger partial charge in [0.1, 0.15) is 0 Å². The highest BCUT2D eigenvalue weighted by Crippen LogP contribution is 2.37. The third kappa shape index (κ3) is 4.52. The van der Waals surface area contributed by atoms with E-state index in [0.29, 0.717) is 6.04 Å². The van der Waals surface area contributed by atoms with Crippen LogP contribution in [0.5, 0.6) is 0 Å². The monoisotopic (exact) mass is 265 g/mol. The maximum absolute atomic E-state index is 9.93. The molecule has 2 fully saturated rings. The van der Waals surface area contributed by atoms with E-state index in [0.717, 1.165) is 36.9 Å². The Hall–Kier alpha value is -0.500. The van der Waals surface area contributed by atoms with E-state index in [1.54, 1.807) is 0 Å². The number of nitrogens with zero attached hydrogens (tertiary/aromatic N) is 1. The van der Waals surface area contributed by atoms with Crippen LogP contribution in [0.4, 0.5) is 0 Å². The highest BCUT2D eigenvalue weighted by Gasteiger charge is 2.26. The largest absolute Gasteiger partial charge is 0.512 e. The van der Waals surface area contributed by atoms with Gasteiger partial charge in [0.15, 0.2) is 0 Å². The summed E-state index contributed by atoms with van der Waals surface area (Å²) in [6.07, 6.45) is 8.62. The van der Waals surface area contributed by atoms with Gasteiger partial charge in [-0.3, -0.25) is 0 Å². The molecule has 2 aliphatic rings. The lowest BCUT2D eigenvalue weighted by Crippen LogP contribution is -2.36. The van der Waals surface area contributed by atoms with E-state index in [2.05, 4.69) is 25.7 Å². The van der Waals surface area contributed by atoms with Crippen LogP contribution in [-0.2, 0) is 0 Å². The van der Waals surface area contributed by atoms with E-state index < -0.39 is 0 Å². The average molecular weight is 265 g/mol. The van der Waals surface area contributed by atoms with Crippen LogP contribution in [0.1, 0.15) is 65.7 Å². The van der Waals surface area contributed by atoms with Gasteiger partial charge >= 0.3 is 0 Å². The Morgan fingerprint density at radius 1 is 1.16 bits per heavy atom. The molecule has 0 aliphatic heterocycles. The predicted octanol–water partition coefficient (Wildman–Crippen LogP) is 4.52. The van der Waals surface area contributed by atoms with Crippen molar-refractivity contribution in [3.63, 3.8) is 0 Å². The summed E-state index contributed by atoms with van der Waals surface area (Å²) in [4.78, 5) is 2.59. The molecule has 0 heterocycles. The van der Waals surface area contributed by atoms with Gasteiger partial charge in [-0.05, 0) is 76.3 Å². The smallest absolute Gasteiger partial charge is 0.0917 e. The molecule has 1 N–H and O–H groups in total. The summed E-state index contributed by atoms with van der Waals surface area (Å²) in [5.41, 5.74) is 1.33. The number of aliphatic hydroxyl groups is 1. The van der Waals surface area contributed by atoms with Crippen LogP contribution in [0.15, 0.2) is 11.3 Å². The fraction of sp³-hybridized carbons (Fsp3) is 0.882. The highest BCUT2D eigenvalue weighted by atomic mass is 16.3. The maximum Gasteiger partial charge on any atom is 0.0917 e. The van der Waals surface area contributed by atoms with Crippen LogP contribution < -0.4 is 0 Å². The minimum atomic E-state index is 0.673. The molecule has 19 heavy (non-hydrogen) atoms. The molecule has 0 saturated heterocycles. The van der Waals surface area contributed by atoms with Crippen molar-refractivity contribution in [3.8, 4) is 0 Å². The Balaban J connectivity index is 1.71. The van der Waals surface area contributed by atoms with Crippen molar-refractivity contribution in [2.24, 2.45) is 11.8 Å². The molecule has 2 saturated carbocycles. The van der Waals surface area contributed by atoms with Crippen molar-refractivity contribution in [3.05, 3.63) is 11.3 Å². The minimum absolute atomic E-state index is 0.673. The van der Waals surface area contributed by atoms with E-state index in [-0.39, 0.29) is 0 Å². The first-order valence-electron chi connectivity index (χ1n) is 8.24. The lowest BCUT2D eigenvalue weighted by Gasteiger charge is -2.34. The molecule has 2 nitrogen and oxygen atoms in total. The molecular formula is C17H31NO. The summed E-state index contributed by atoms with van der Waals surface area (Å²) in [6.45, 7) is 9.31. The molecular weight excluding hydrogens is 234 g/mol. The van der Waals surface area contributed by atoms with Gasteiger partial charge in [-0.15, -0.1) is 0 Å². The van der Waals surface area contributed by atoms with E-state index in [1.807, 2.05) is 0 Å². The zero-order valence-corrected chi connectivity index (χ0v) is 13.0. The van der Waals surface area contributed by atoms with Crippen LogP contribution in [0, 0.1) is 11.8 Å². The first-order valence-corrected chi connectivity index (χ1v) is 8.24. The Morgan fingerprint density at radius 2 is 1.74 bits per heavy atom. The van der Waals surface area contributed by atoms with Gasteiger partial charge in [-0.2, -0.15) is 0 Å². The summed E-state index contributed by atoms with van der Waals surface area (Å²) < 4.78 is 0. The molecule has 0 unspecified atom stereocenters. The number of aliphatic hydroxyl groups excluding tert-OH is 1. The molecule has 2 aliphatic carbocycles. The van der Waals surface area contributed by atoms with E-state index >= 15 is 0 Å². The van der Waals surface area contributed by atoms with Crippen molar-refractivity contribution in [1.82, 2.24) is 4.90 Å². The second-order valence-electron chi connectivity index (χ2n) is 6.82. The van der Waals surface area contributed by atoms with Gasteiger partial charge in [0.2, 0.25) is 0 Å². The van der Waals surface area contributed by atoms with E-state index in [1.165, 1.54) is 44.3 Å². The molecule has 110 valence electrons. The quantitative estimate of drug-likeness (QED) is 0.714. The molecule has 0 aromatic heterocycles. The summed E-state index contributed by atoms with van der Waals surface area (Å²) in [5.74, 6) is 2.37. The summed E-state index contributed by atoms with van der Waals surface area (Å²) >= 11 is 0. The second kappa shape index (κ2) is 6.78. The molecule has 0 radical (unpaired) electrons. The van der Waals surface area contributed by atoms with Gasteiger partial charge in [-0.1, -0.05) is 6.92 Å². The van der Waals surface area contributed by atoms with Crippen molar-refractivity contribution >= 4 is 0 Å². The molecule has 0 atom stereocenters. The van der Waals surface area contributed by atoms with Crippen molar-refractivity contribution in [1.29, 1.82) is 0 Å². The zero-order chi connectivity index (χ0) is 13.8. The van der Waals surface area contributed by atoms with Gasteiger partial charge in [0.25, 0.3) is 0 Å². The van der Waals surface area contributed by atoms with Crippen LogP contribution in [-0.4, -0.2) is 29.1 Å². The molecule has 0 spiro atoms. The van der Waals surface area contributed by atoms with Crippen molar-refractivity contribution in [2.75, 3.05) is 13.1 Å². The lowest BCUT2D eigenvalue weighted by molar-refractivity contribution is 0.154. The summed E-state index contributed by atoms with van der Waals surface area (Å²) in [5, 5.41) is 9.93. The molecule has 2 rings (SSSR count). The Kier molecular flexibility index (Phi) is 5.32.